The number of nitriles is 1. The van der Waals surface area contributed by atoms with Gasteiger partial charge in [-0.05, 0) is 64.6 Å². The number of carbonyl (C=O) groups is 1. The van der Waals surface area contributed by atoms with Gasteiger partial charge in [-0.15, -0.1) is 0 Å². The van der Waals surface area contributed by atoms with Crippen LogP contribution < -0.4 is 9.62 Å². The van der Waals surface area contributed by atoms with Crippen LogP contribution in [-0.4, -0.2) is 14.7 Å². The summed E-state index contributed by atoms with van der Waals surface area (Å²) in [4.78, 5) is 13.3. The molecule has 0 saturated carbocycles. The van der Waals surface area contributed by atoms with Crippen LogP contribution in [0.5, 0.6) is 0 Å². The van der Waals surface area contributed by atoms with Crippen molar-refractivity contribution in [1.29, 1.82) is 5.26 Å². The number of carbonyl (C=O) groups excluding carboxylic acids is 1. The summed E-state index contributed by atoms with van der Waals surface area (Å²) in [5.74, 6) is -0.206. The number of rotatable bonds is 7. The van der Waals surface area contributed by atoms with Crippen LogP contribution in [-0.2, 0) is 22.5 Å². The molecule has 0 heterocycles. The van der Waals surface area contributed by atoms with Crippen molar-refractivity contribution in [3.63, 3.8) is 0 Å². The molecule has 3 atom stereocenters. The number of hydrogen-bond acceptors (Lipinski definition) is 3. The van der Waals surface area contributed by atoms with Crippen molar-refractivity contribution in [3.05, 3.63) is 113 Å². The standard InChI is InChI=1S/C29H25N3O3S/c30-19-20-10-14-26-24(16-20)12-15-27(26)31-29(33)18-28(22-7-2-1-3-8-22)32(36(34)35)25-13-11-21-6-4-5-9-23(21)17-25/h1-11,13-14,16-17,27-28H,12,15,18H2,(H,31,33)(H,34,35). The molecule has 1 aliphatic carbocycles. The zero-order valence-corrected chi connectivity index (χ0v) is 20.3. The van der Waals surface area contributed by atoms with E-state index in [4.69, 9.17) is 5.26 Å². The lowest BCUT2D eigenvalue weighted by atomic mass is 10.0. The number of nitrogens with one attached hydrogen (secondary N) is 1. The third kappa shape index (κ3) is 4.87. The summed E-state index contributed by atoms with van der Waals surface area (Å²) >= 11 is -2.37. The second kappa shape index (κ2) is 10.3. The highest BCUT2D eigenvalue weighted by Gasteiger charge is 2.30. The first-order valence-electron chi connectivity index (χ1n) is 11.8. The molecule has 0 saturated heterocycles. The highest BCUT2D eigenvalue weighted by atomic mass is 32.2. The van der Waals surface area contributed by atoms with E-state index in [1.54, 1.807) is 6.07 Å². The topological polar surface area (TPSA) is 93.4 Å². The number of nitrogens with zero attached hydrogens (tertiary/aromatic N) is 2. The van der Waals surface area contributed by atoms with E-state index in [2.05, 4.69) is 11.4 Å². The van der Waals surface area contributed by atoms with Gasteiger partial charge in [-0.2, -0.15) is 5.26 Å². The van der Waals surface area contributed by atoms with Crippen LogP contribution in [0.1, 0.15) is 47.2 Å². The molecule has 0 radical (unpaired) electrons. The first kappa shape index (κ1) is 23.7. The van der Waals surface area contributed by atoms with Gasteiger partial charge in [0.1, 0.15) is 0 Å². The minimum Gasteiger partial charge on any atom is -0.349 e. The predicted molar refractivity (Wildman–Crippen MR) is 141 cm³/mol. The number of aryl methyl sites for hydroxylation is 1. The fourth-order valence-electron chi connectivity index (χ4n) is 4.97. The average molecular weight is 496 g/mol. The summed E-state index contributed by atoms with van der Waals surface area (Å²) in [5.41, 5.74) is 4.05. The molecule has 1 aliphatic rings. The molecule has 2 N–H and O–H groups in total. The van der Waals surface area contributed by atoms with Crippen LogP contribution in [0, 0.1) is 11.3 Å². The molecule has 1 amide bonds. The van der Waals surface area contributed by atoms with Gasteiger partial charge in [-0.3, -0.25) is 13.7 Å². The van der Waals surface area contributed by atoms with Gasteiger partial charge in [0.15, 0.2) is 0 Å². The lowest BCUT2D eigenvalue weighted by Gasteiger charge is -2.30. The average Bonchev–Trinajstić information content (AvgIpc) is 3.30. The molecule has 36 heavy (non-hydrogen) atoms. The highest BCUT2D eigenvalue weighted by Crippen LogP contribution is 2.35. The number of benzene rings is 4. The van der Waals surface area contributed by atoms with Gasteiger partial charge >= 0.3 is 0 Å². The maximum atomic E-state index is 13.3. The van der Waals surface area contributed by atoms with Gasteiger partial charge in [0.25, 0.3) is 11.3 Å². The van der Waals surface area contributed by atoms with Crippen LogP contribution in [0.3, 0.4) is 0 Å². The number of hydrogen-bond donors (Lipinski definition) is 2. The number of fused-ring (bicyclic) bond motifs is 2. The molecular formula is C29H25N3O3S. The fraction of sp³-hybridized carbons (Fsp3) is 0.172. The van der Waals surface area contributed by atoms with E-state index < -0.39 is 17.3 Å². The second-order valence-corrected chi connectivity index (χ2v) is 9.76. The van der Waals surface area contributed by atoms with Gasteiger partial charge in [-0.1, -0.05) is 66.7 Å². The van der Waals surface area contributed by atoms with Crippen molar-refractivity contribution in [2.45, 2.75) is 31.3 Å². The Balaban J connectivity index is 1.44. The Morgan fingerprint density at radius 2 is 1.78 bits per heavy atom. The Labute approximate surface area is 212 Å². The van der Waals surface area contributed by atoms with Crippen molar-refractivity contribution in [3.8, 4) is 6.07 Å². The molecule has 0 spiro atoms. The molecule has 0 fully saturated rings. The molecular weight excluding hydrogens is 470 g/mol. The molecule has 6 nitrogen and oxygen atoms in total. The predicted octanol–water partition coefficient (Wildman–Crippen LogP) is 5.59. The van der Waals surface area contributed by atoms with Crippen LogP contribution in [0.4, 0.5) is 5.69 Å². The SMILES string of the molecule is N#Cc1ccc2c(c1)CCC2NC(=O)CC(c1ccccc1)N(c1ccc2ccccc2c1)S(=O)O. The van der Waals surface area contributed by atoms with Crippen molar-refractivity contribution in [2.75, 3.05) is 4.31 Å². The van der Waals surface area contributed by atoms with Gasteiger partial charge in [0.2, 0.25) is 5.91 Å². The second-order valence-electron chi connectivity index (χ2n) is 8.90. The maximum absolute atomic E-state index is 13.3. The molecule has 0 aliphatic heterocycles. The number of anilines is 1. The van der Waals surface area contributed by atoms with E-state index in [0.29, 0.717) is 11.3 Å². The molecule has 0 bridgehead atoms. The smallest absolute Gasteiger partial charge is 0.262 e. The van der Waals surface area contributed by atoms with E-state index >= 15 is 0 Å². The lowest BCUT2D eigenvalue weighted by molar-refractivity contribution is -0.122. The van der Waals surface area contributed by atoms with Crippen LogP contribution in [0.25, 0.3) is 10.8 Å². The normalized spacial score (nSPS) is 16.1. The largest absolute Gasteiger partial charge is 0.349 e. The van der Waals surface area contributed by atoms with Crippen molar-refractivity contribution >= 4 is 33.6 Å². The summed E-state index contributed by atoms with van der Waals surface area (Å²) in [7, 11) is 0. The van der Waals surface area contributed by atoms with Crippen molar-refractivity contribution < 1.29 is 13.6 Å². The van der Waals surface area contributed by atoms with Crippen LogP contribution >= 0.6 is 0 Å². The molecule has 0 aromatic heterocycles. The third-order valence-electron chi connectivity index (χ3n) is 6.69. The Hall–Kier alpha value is -3.99. The zero-order chi connectivity index (χ0) is 25.1. The summed E-state index contributed by atoms with van der Waals surface area (Å²) in [6, 6.07) is 29.7. The molecule has 180 valence electrons. The zero-order valence-electron chi connectivity index (χ0n) is 19.5. The number of amides is 1. The fourth-order valence-corrected chi connectivity index (χ4v) is 5.68. The molecule has 3 unspecified atom stereocenters. The van der Waals surface area contributed by atoms with E-state index in [1.807, 2.05) is 84.9 Å². The first-order valence-corrected chi connectivity index (χ1v) is 12.9. The maximum Gasteiger partial charge on any atom is 0.262 e. The van der Waals surface area contributed by atoms with E-state index in [-0.39, 0.29) is 18.4 Å². The quantitative estimate of drug-likeness (QED) is 0.327. The van der Waals surface area contributed by atoms with Crippen LogP contribution in [0.2, 0.25) is 0 Å². The molecule has 7 heteroatoms. The Bertz CT molecular complexity index is 1480. The van der Waals surface area contributed by atoms with Crippen LogP contribution in [0.15, 0.2) is 91.0 Å². The molecule has 5 rings (SSSR count). The van der Waals surface area contributed by atoms with E-state index in [1.165, 1.54) is 4.31 Å². The summed E-state index contributed by atoms with van der Waals surface area (Å²) in [6.45, 7) is 0. The summed E-state index contributed by atoms with van der Waals surface area (Å²) < 4.78 is 24.5. The highest BCUT2D eigenvalue weighted by molar-refractivity contribution is 7.80. The van der Waals surface area contributed by atoms with Gasteiger partial charge in [0.05, 0.1) is 35.8 Å². The van der Waals surface area contributed by atoms with Gasteiger partial charge < -0.3 is 5.32 Å². The minimum atomic E-state index is -2.37. The summed E-state index contributed by atoms with van der Waals surface area (Å²) in [5, 5.41) is 14.3. The third-order valence-corrected chi connectivity index (χ3v) is 7.49. The molecule has 4 aromatic carbocycles. The molecule has 4 aromatic rings. The van der Waals surface area contributed by atoms with Gasteiger partial charge in [0, 0.05) is 0 Å². The van der Waals surface area contributed by atoms with Crippen molar-refractivity contribution in [1.82, 2.24) is 5.32 Å². The monoisotopic (exact) mass is 495 g/mol. The Kier molecular flexibility index (Phi) is 6.81. The Morgan fingerprint density at radius 1 is 1.03 bits per heavy atom. The Morgan fingerprint density at radius 3 is 2.53 bits per heavy atom. The minimum absolute atomic E-state index is 0.00521. The van der Waals surface area contributed by atoms with E-state index in [0.717, 1.165) is 40.3 Å². The van der Waals surface area contributed by atoms with Gasteiger partial charge in [-0.25, -0.2) is 4.21 Å². The van der Waals surface area contributed by atoms with E-state index in [9.17, 15) is 13.6 Å². The first-order chi connectivity index (χ1) is 17.5. The lowest BCUT2D eigenvalue weighted by Crippen LogP contribution is -2.36. The summed E-state index contributed by atoms with van der Waals surface area (Å²) in [6.07, 6.45) is 1.55. The van der Waals surface area contributed by atoms with Crippen molar-refractivity contribution in [2.24, 2.45) is 0 Å².